The van der Waals surface area contributed by atoms with Crippen molar-refractivity contribution in [2.75, 3.05) is 0 Å². The van der Waals surface area contributed by atoms with Gasteiger partial charge in [0.15, 0.2) is 0 Å². The van der Waals surface area contributed by atoms with E-state index in [9.17, 15) is 8.78 Å². The van der Waals surface area contributed by atoms with Crippen molar-refractivity contribution in [3.05, 3.63) is 35.5 Å². The van der Waals surface area contributed by atoms with Gasteiger partial charge in [-0.25, -0.2) is 8.78 Å². The van der Waals surface area contributed by atoms with Gasteiger partial charge in [0.1, 0.15) is 11.6 Å². The van der Waals surface area contributed by atoms with Crippen molar-refractivity contribution < 1.29 is 8.78 Å². The molecule has 1 fully saturated rings. The summed E-state index contributed by atoms with van der Waals surface area (Å²) in [5.74, 6) is -0.581. The molecule has 0 amide bonds. The molecule has 0 radical (unpaired) electrons. The number of H-pyrrole nitrogens is 1. The highest BCUT2D eigenvalue weighted by Crippen LogP contribution is 2.44. The number of rotatable bonds is 1. The Balaban J connectivity index is 1.98. The highest BCUT2D eigenvalue weighted by molar-refractivity contribution is 5.84. The number of aromatic nitrogens is 1. The molecule has 3 rings (SSSR count). The van der Waals surface area contributed by atoms with E-state index in [1.54, 1.807) is 0 Å². The molecule has 1 aliphatic rings. The minimum Gasteiger partial charge on any atom is -0.359 e. The summed E-state index contributed by atoms with van der Waals surface area (Å²) in [4.78, 5) is 2.96. The Kier molecular flexibility index (Phi) is 2.88. The van der Waals surface area contributed by atoms with Crippen LogP contribution in [0.1, 0.15) is 51.0 Å². The van der Waals surface area contributed by atoms with E-state index >= 15 is 0 Å². The monoisotopic (exact) mass is 263 g/mol. The summed E-state index contributed by atoms with van der Waals surface area (Å²) < 4.78 is 27.1. The summed E-state index contributed by atoms with van der Waals surface area (Å²) >= 11 is 0. The summed E-state index contributed by atoms with van der Waals surface area (Å²) in [6.07, 6.45) is 6.39. The normalized spacial score (nSPS) is 20.0. The molecule has 1 aromatic heterocycles. The van der Waals surface area contributed by atoms with E-state index in [2.05, 4.69) is 18.8 Å². The third-order valence-corrected chi connectivity index (χ3v) is 4.52. The fourth-order valence-corrected chi connectivity index (χ4v) is 3.22. The smallest absolute Gasteiger partial charge is 0.150 e. The van der Waals surface area contributed by atoms with Crippen molar-refractivity contribution in [1.82, 2.24) is 4.98 Å². The summed E-state index contributed by atoms with van der Waals surface area (Å²) in [7, 11) is 0. The Morgan fingerprint density at radius 3 is 2.53 bits per heavy atom. The molecule has 0 bridgehead atoms. The molecule has 1 nitrogen and oxygen atoms in total. The minimum absolute atomic E-state index is 0.402. The van der Waals surface area contributed by atoms with E-state index in [4.69, 9.17) is 0 Å². The van der Waals surface area contributed by atoms with E-state index in [0.29, 0.717) is 22.2 Å². The maximum atomic E-state index is 13.7. The van der Waals surface area contributed by atoms with Crippen LogP contribution in [0.4, 0.5) is 8.78 Å². The second-order valence-electron chi connectivity index (χ2n) is 6.49. The van der Waals surface area contributed by atoms with Gasteiger partial charge in [-0.1, -0.05) is 13.8 Å². The molecule has 19 heavy (non-hydrogen) atoms. The highest BCUT2D eigenvalue weighted by atomic mass is 19.1. The van der Waals surface area contributed by atoms with Crippen LogP contribution in [0.2, 0.25) is 0 Å². The molecular weight excluding hydrogens is 244 g/mol. The molecule has 0 unspecified atom stereocenters. The Morgan fingerprint density at radius 1 is 1.16 bits per heavy atom. The summed E-state index contributed by atoms with van der Waals surface area (Å²) in [6, 6.07) is 2.39. The number of fused-ring (bicyclic) bond motifs is 1. The van der Waals surface area contributed by atoms with Gasteiger partial charge >= 0.3 is 0 Å². The van der Waals surface area contributed by atoms with Gasteiger partial charge in [0, 0.05) is 17.6 Å². The Morgan fingerprint density at radius 2 is 1.84 bits per heavy atom. The number of hydrogen-bond donors (Lipinski definition) is 1. The molecule has 0 atom stereocenters. The van der Waals surface area contributed by atoms with Crippen LogP contribution in [0.25, 0.3) is 10.9 Å². The van der Waals surface area contributed by atoms with Crippen molar-refractivity contribution in [3.63, 3.8) is 0 Å². The second-order valence-corrected chi connectivity index (χ2v) is 6.49. The van der Waals surface area contributed by atoms with Crippen molar-refractivity contribution in [3.8, 4) is 0 Å². The SMILES string of the molecule is CC1(C)CCC(c2c[nH]c3c(F)cc(F)cc23)CC1. The lowest BCUT2D eigenvalue weighted by atomic mass is 9.71. The lowest BCUT2D eigenvalue weighted by Crippen LogP contribution is -2.20. The average Bonchev–Trinajstić information content (AvgIpc) is 2.73. The molecule has 0 aliphatic heterocycles. The molecule has 1 N–H and O–H groups in total. The van der Waals surface area contributed by atoms with E-state index in [1.807, 2.05) is 6.20 Å². The van der Waals surface area contributed by atoms with Gasteiger partial charge in [0.05, 0.1) is 5.52 Å². The fourth-order valence-electron chi connectivity index (χ4n) is 3.22. The van der Waals surface area contributed by atoms with E-state index < -0.39 is 11.6 Å². The number of aromatic amines is 1. The Labute approximate surface area is 112 Å². The molecule has 1 heterocycles. The minimum atomic E-state index is -0.502. The predicted molar refractivity (Wildman–Crippen MR) is 73.2 cm³/mol. The molecule has 1 saturated carbocycles. The first-order chi connectivity index (χ1) is 8.96. The zero-order valence-corrected chi connectivity index (χ0v) is 11.4. The fraction of sp³-hybridized carbons (Fsp3) is 0.500. The largest absolute Gasteiger partial charge is 0.359 e. The van der Waals surface area contributed by atoms with Crippen LogP contribution < -0.4 is 0 Å². The molecule has 1 aliphatic carbocycles. The molecule has 3 heteroatoms. The molecule has 0 spiro atoms. The quantitative estimate of drug-likeness (QED) is 0.734. The standard InChI is InChI=1S/C16H19F2N/c1-16(2)5-3-10(4-6-16)13-9-19-15-12(13)7-11(17)8-14(15)18/h7-10,19H,3-6H2,1-2H3. The number of hydrogen-bond acceptors (Lipinski definition) is 0. The van der Waals surface area contributed by atoms with E-state index in [1.165, 1.54) is 18.9 Å². The Hall–Kier alpha value is -1.38. The Bertz CT molecular complexity index is 602. The zero-order chi connectivity index (χ0) is 13.6. The maximum absolute atomic E-state index is 13.7. The topological polar surface area (TPSA) is 15.8 Å². The van der Waals surface area contributed by atoms with Crippen LogP contribution in [0.15, 0.2) is 18.3 Å². The average molecular weight is 263 g/mol. The number of halogens is 2. The van der Waals surface area contributed by atoms with Crippen molar-refractivity contribution in [2.24, 2.45) is 5.41 Å². The number of benzene rings is 1. The van der Waals surface area contributed by atoms with E-state index in [-0.39, 0.29) is 0 Å². The third-order valence-electron chi connectivity index (χ3n) is 4.52. The molecular formula is C16H19F2N. The van der Waals surface area contributed by atoms with Gasteiger partial charge < -0.3 is 4.98 Å². The van der Waals surface area contributed by atoms with Gasteiger partial charge in [-0.2, -0.15) is 0 Å². The van der Waals surface area contributed by atoms with Crippen molar-refractivity contribution in [1.29, 1.82) is 0 Å². The summed E-state index contributed by atoms with van der Waals surface area (Å²) in [5.41, 5.74) is 1.91. The molecule has 102 valence electrons. The lowest BCUT2D eigenvalue weighted by Gasteiger charge is -2.34. The van der Waals surface area contributed by atoms with Crippen LogP contribution in [0, 0.1) is 17.0 Å². The second kappa shape index (κ2) is 4.32. The number of nitrogens with one attached hydrogen (secondary N) is 1. The van der Waals surface area contributed by atoms with Gasteiger partial charge in [-0.15, -0.1) is 0 Å². The third kappa shape index (κ3) is 2.26. The van der Waals surface area contributed by atoms with Crippen LogP contribution in [-0.4, -0.2) is 4.98 Å². The highest BCUT2D eigenvalue weighted by Gasteiger charge is 2.29. The lowest BCUT2D eigenvalue weighted by molar-refractivity contribution is 0.225. The summed E-state index contributed by atoms with van der Waals surface area (Å²) in [6.45, 7) is 4.58. The molecule has 1 aromatic carbocycles. The maximum Gasteiger partial charge on any atom is 0.150 e. The van der Waals surface area contributed by atoms with E-state index in [0.717, 1.165) is 24.5 Å². The first kappa shape index (κ1) is 12.6. The van der Waals surface area contributed by atoms with Crippen molar-refractivity contribution >= 4 is 10.9 Å². The first-order valence-corrected chi connectivity index (χ1v) is 6.92. The first-order valence-electron chi connectivity index (χ1n) is 6.92. The van der Waals surface area contributed by atoms with Gasteiger partial charge in [-0.05, 0) is 48.6 Å². The van der Waals surface area contributed by atoms with Crippen LogP contribution in [0.3, 0.4) is 0 Å². The predicted octanol–water partition coefficient (Wildman–Crippen LogP) is 5.13. The molecule has 2 aromatic rings. The van der Waals surface area contributed by atoms with Crippen LogP contribution >= 0.6 is 0 Å². The zero-order valence-electron chi connectivity index (χ0n) is 11.4. The van der Waals surface area contributed by atoms with Crippen LogP contribution in [0.5, 0.6) is 0 Å². The van der Waals surface area contributed by atoms with Gasteiger partial charge in [-0.3, -0.25) is 0 Å². The van der Waals surface area contributed by atoms with Gasteiger partial charge in [0.25, 0.3) is 0 Å². The summed E-state index contributed by atoms with van der Waals surface area (Å²) in [5, 5.41) is 0.710. The van der Waals surface area contributed by atoms with Crippen molar-refractivity contribution in [2.45, 2.75) is 45.4 Å². The molecule has 0 saturated heterocycles. The van der Waals surface area contributed by atoms with Crippen LogP contribution in [-0.2, 0) is 0 Å². The van der Waals surface area contributed by atoms with Gasteiger partial charge in [0.2, 0.25) is 0 Å².